The largest absolute Gasteiger partial charge is 0.497 e. The maximum atomic E-state index is 6.15. The molecule has 2 aromatic carbocycles. The number of hydrogen-bond acceptors (Lipinski definition) is 4. The van der Waals surface area contributed by atoms with Gasteiger partial charge in [0.25, 0.3) is 0 Å². The molecule has 0 saturated heterocycles. The van der Waals surface area contributed by atoms with Crippen LogP contribution in [0.4, 0.5) is 0 Å². The Labute approximate surface area is 188 Å². The highest BCUT2D eigenvalue weighted by atomic mass is 16.5. The number of hydrogen-bond donors (Lipinski definition) is 0. The van der Waals surface area contributed by atoms with Gasteiger partial charge in [-0.05, 0) is 43.2 Å². The molecule has 162 valence electrons. The molecule has 0 spiro atoms. The Morgan fingerprint density at radius 3 is 2.41 bits per heavy atom. The average Bonchev–Trinajstić information content (AvgIpc) is 3.40. The van der Waals surface area contributed by atoms with Gasteiger partial charge in [-0.2, -0.15) is 0 Å². The van der Waals surface area contributed by atoms with Gasteiger partial charge in [-0.1, -0.05) is 42.0 Å². The molecular weight excluding hydrogens is 398 g/mol. The van der Waals surface area contributed by atoms with Crippen LogP contribution in [0.2, 0.25) is 0 Å². The second kappa shape index (κ2) is 8.97. The van der Waals surface area contributed by atoms with Crippen LogP contribution in [0.5, 0.6) is 5.75 Å². The predicted octanol–water partition coefficient (Wildman–Crippen LogP) is 5.63. The Balaban J connectivity index is 1.43. The van der Waals surface area contributed by atoms with Gasteiger partial charge in [-0.3, -0.25) is 4.98 Å². The summed E-state index contributed by atoms with van der Waals surface area (Å²) >= 11 is 0. The minimum Gasteiger partial charge on any atom is -0.497 e. The van der Waals surface area contributed by atoms with E-state index in [1.54, 1.807) is 7.11 Å². The van der Waals surface area contributed by atoms with Crippen molar-refractivity contribution in [1.29, 1.82) is 0 Å². The number of fused-ring (bicyclic) bond motifs is 1. The standard InChI is InChI=1S/C27H27N3O2/c1-19-3-7-21(8-4-19)26-27(22-13-15-28-16-14-22)30-23(9-12-25(30)29-26)18-32-17-20-5-10-24(31-2)11-6-20/h3-8,10-11,13-16,23H,9,12,17-18H2,1-2H3. The highest BCUT2D eigenvalue weighted by molar-refractivity contribution is 5.79. The molecule has 4 aromatic rings. The zero-order valence-electron chi connectivity index (χ0n) is 18.5. The number of benzene rings is 2. The minimum atomic E-state index is 0.262. The predicted molar refractivity (Wildman–Crippen MR) is 126 cm³/mol. The third kappa shape index (κ3) is 4.04. The van der Waals surface area contributed by atoms with Gasteiger partial charge in [0.05, 0.1) is 37.8 Å². The summed E-state index contributed by atoms with van der Waals surface area (Å²) in [6, 6.07) is 21.0. The molecule has 5 nitrogen and oxygen atoms in total. The number of nitrogens with zero attached hydrogens (tertiary/aromatic N) is 3. The number of aromatic nitrogens is 3. The summed E-state index contributed by atoms with van der Waals surface area (Å²) < 4.78 is 13.8. The fourth-order valence-electron chi connectivity index (χ4n) is 4.36. The van der Waals surface area contributed by atoms with Crippen molar-refractivity contribution in [2.45, 2.75) is 32.4 Å². The first kappa shape index (κ1) is 20.5. The van der Waals surface area contributed by atoms with E-state index >= 15 is 0 Å². The van der Waals surface area contributed by atoms with E-state index in [1.165, 1.54) is 5.56 Å². The first-order valence-corrected chi connectivity index (χ1v) is 11.0. The molecule has 0 fully saturated rings. The first-order chi connectivity index (χ1) is 15.7. The van der Waals surface area contributed by atoms with Gasteiger partial charge >= 0.3 is 0 Å². The van der Waals surface area contributed by atoms with Crippen molar-refractivity contribution in [1.82, 2.24) is 14.5 Å². The Morgan fingerprint density at radius 2 is 1.69 bits per heavy atom. The van der Waals surface area contributed by atoms with Crippen molar-refractivity contribution in [3.8, 4) is 28.3 Å². The summed E-state index contributed by atoms with van der Waals surface area (Å²) in [6.45, 7) is 3.34. The number of imidazole rings is 1. The third-order valence-corrected chi connectivity index (χ3v) is 6.07. The summed E-state index contributed by atoms with van der Waals surface area (Å²) in [5, 5.41) is 0. The lowest BCUT2D eigenvalue weighted by Gasteiger charge is -2.18. The van der Waals surface area contributed by atoms with Crippen LogP contribution in [0.1, 0.15) is 29.4 Å². The lowest BCUT2D eigenvalue weighted by molar-refractivity contribution is 0.0925. The highest BCUT2D eigenvalue weighted by Crippen LogP contribution is 2.39. The number of rotatable bonds is 7. The quantitative estimate of drug-likeness (QED) is 0.385. The molecule has 0 N–H and O–H groups in total. The molecule has 2 aromatic heterocycles. The van der Waals surface area contributed by atoms with E-state index in [0.717, 1.165) is 52.5 Å². The second-order valence-corrected chi connectivity index (χ2v) is 8.25. The van der Waals surface area contributed by atoms with E-state index in [0.29, 0.717) is 13.2 Å². The van der Waals surface area contributed by atoms with Crippen LogP contribution in [0.25, 0.3) is 22.5 Å². The molecule has 0 aliphatic carbocycles. The van der Waals surface area contributed by atoms with Crippen LogP contribution in [0.15, 0.2) is 73.1 Å². The molecule has 0 radical (unpaired) electrons. The molecule has 1 atom stereocenters. The highest BCUT2D eigenvalue weighted by Gasteiger charge is 2.30. The second-order valence-electron chi connectivity index (χ2n) is 8.25. The maximum absolute atomic E-state index is 6.15. The molecule has 5 heteroatoms. The zero-order valence-corrected chi connectivity index (χ0v) is 18.5. The third-order valence-electron chi connectivity index (χ3n) is 6.07. The average molecular weight is 426 g/mol. The monoisotopic (exact) mass is 425 g/mol. The van der Waals surface area contributed by atoms with Crippen LogP contribution >= 0.6 is 0 Å². The van der Waals surface area contributed by atoms with E-state index in [9.17, 15) is 0 Å². The van der Waals surface area contributed by atoms with Crippen molar-refractivity contribution >= 4 is 0 Å². The maximum Gasteiger partial charge on any atom is 0.118 e. The molecule has 5 rings (SSSR count). The summed E-state index contributed by atoms with van der Waals surface area (Å²) in [7, 11) is 1.68. The molecule has 32 heavy (non-hydrogen) atoms. The number of pyridine rings is 1. The molecular formula is C27H27N3O2. The molecule has 3 heterocycles. The topological polar surface area (TPSA) is 49.2 Å². The molecule has 1 unspecified atom stereocenters. The Hall–Kier alpha value is -3.44. The number of methoxy groups -OCH3 is 1. The van der Waals surface area contributed by atoms with Crippen LogP contribution in [-0.2, 0) is 17.8 Å². The van der Waals surface area contributed by atoms with Gasteiger partial charge in [-0.25, -0.2) is 4.98 Å². The smallest absolute Gasteiger partial charge is 0.118 e. The van der Waals surface area contributed by atoms with Gasteiger partial charge in [0, 0.05) is 29.9 Å². The minimum absolute atomic E-state index is 0.262. The Morgan fingerprint density at radius 1 is 0.938 bits per heavy atom. The van der Waals surface area contributed by atoms with Crippen LogP contribution < -0.4 is 4.74 Å². The van der Waals surface area contributed by atoms with Crippen molar-refractivity contribution in [3.05, 3.63) is 90.0 Å². The van der Waals surface area contributed by atoms with Crippen molar-refractivity contribution in [3.63, 3.8) is 0 Å². The van der Waals surface area contributed by atoms with E-state index in [2.05, 4.69) is 52.9 Å². The van der Waals surface area contributed by atoms with Gasteiger partial charge < -0.3 is 14.0 Å². The summed E-state index contributed by atoms with van der Waals surface area (Å²) in [5.74, 6) is 1.99. The SMILES string of the molecule is COc1ccc(COCC2CCc3nc(-c4ccc(C)cc4)c(-c4ccncc4)n32)cc1. The normalized spacial score (nSPS) is 15.0. The van der Waals surface area contributed by atoms with Crippen LogP contribution in [0, 0.1) is 6.92 Å². The Bertz CT molecular complexity index is 1180. The number of aryl methyl sites for hydroxylation is 2. The van der Waals surface area contributed by atoms with E-state index in [1.807, 2.05) is 36.7 Å². The molecule has 1 aliphatic rings. The van der Waals surface area contributed by atoms with Crippen LogP contribution in [-0.4, -0.2) is 28.3 Å². The summed E-state index contributed by atoms with van der Waals surface area (Å²) in [5.41, 5.74) is 6.85. The first-order valence-electron chi connectivity index (χ1n) is 11.0. The van der Waals surface area contributed by atoms with E-state index in [-0.39, 0.29) is 6.04 Å². The molecule has 0 saturated carbocycles. The van der Waals surface area contributed by atoms with Crippen molar-refractivity contribution in [2.75, 3.05) is 13.7 Å². The molecule has 1 aliphatic heterocycles. The lowest BCUT2D eigenvalue weighted by atomic mass is 10.0. The fraction of sp³-hybridized carbons (Fsp3) is 0.259. The summed E-state index contributed by atoms with van der Waals surface area (Å²) in [4.78, 5) is 9.29. The zero-order chi connectivity index (χ0) is 21.9. The van der Waals surface area contributed by atoms with Gasteiger partial charge in [0.15, 0.2) is 0 Å². The van der Waals surface area contributed by atoms with E-state index in [4.69, 9.17) is 14.5 Å². The van der Waals surface area contributed by atoms with E-state index < -0.39 is 0 Å². The van der Waals surface area contributed by atoms with Crippen molar-refractivity contribution in [2.24, 2.45) is 0 Å². The molecule has 0 amide bonds. The van der Waals surface area contributed by atoms with Gasteiger partial charge in [-0.15, -0.1) is 0 Å². The number of ether oxygens (including phenoxy) is 2. The van der Waals surface area contributed by atoms with Crippen molar-refractivity contribution < 1.29 is 9.47 Å². The lowest BCUT2D eigenvalue weighted by Crippen LogP contribution is -2.13. The Kier molecular flexibility index (Phi) is 5.73. The van der Waals surface area contributed by atoms with Crippen LogP contribution in [0.3, 0.4) is 0 Å². The fourth-order valence-corrected chi connectivity index (χ4v) is 4.36. The van der Waals surface area contributed by atoms with Gasteiger partial charge in [0.1, 0.15) is 11.6 Å². The molecule has 0 bridgehead atoms. The van der Waals surface area contributed by atoms with Gasteiger partial charge in [0.2, 0.25) is 0 Å². The summed E-state index contributed by atoms with van der Waals surface area (Å²) in [6.07, 6.45) is 5.69.